The summed E-state index contributed by atoms with van der Waals surface area (Å²) in [5.41, 5.74) is 2.88. The molecule has 5 heteroatoms. The van der Waals surface area contributed by atoms with Gasteiger partial charge in [-0.3, -0.25) is 5.84 Å². The molecule has 0 saturated carbocycles. The molecule has 3 aromatic carbocycles. The maximum Gasteiger partial charge on any atom is 0.256 e. The highest BCUT2D eigenvalue weighted by Crippen LogP contribution is 2.28. The second kappa shape index (κ2) is 7.83. The second-order valence-corrected chi connectivity index (χ2v) is 8.11. The van der Waals surface area contributed by atoms with Gasteiger partial charge in [-0.05, 0) is 36.6 Å². The smallest absolute Gasteiger partial charge is 0.254 e. The number of hydrazine groups is 1. The molecule has 3 aromatic rings. The van der Waals surface area contributed by atoms with Crippen LogP contribution in [0.3, 0.4) is 0 Å². The fourth-order valence-electron chi connectivity index (χ4n) is 2.87. The molecule has 0 fully saturated rings. The Hall–Kier alpha value is -2.47. The van der Waals surface area contributed by atoms with Crippen molar-refractivity contribution >= 4 is 10.0 Å². The Kier molecular flexibility index (Phi) is 5.52. The van der Waals surface area contributed by atoms with Gasteiger partial charge in [0.25, 0.3) is 10.0 Å². The number of benzene rings is 3. The van der Waals surface area contributed by atoms with Crippen LogP contribution in [-0.4, -0.2) is 12.8 Å². The van der Waals surface area contributed by atoms with Crippen LogP contribution in [0.5, 0.6) is 0 Å². The largest absolute Gasteiger partial charge is 0.256 e. The molecule has 0 aliphatic carbocycles. The van der Waals surface area contributed by atoms with Gasteiger partial charge >= 0.3 is 0 Å². The van der Waals surface area contributed by atoms with Crippen molar-refractivity contribution in [2.75, 3.05) is 0 Å². The quantitative estimate of drug-likeness (QED) is 0.532. The zero-order chi connectivity index (χ0) is 18.6. The highest BCUT2D eigenvalue weighted by Gasteiger charge is 2.30. The first-order chi connectivity index (χ1) is 12.5. The Labute approximate surface area is 154 Å². The lowest BCUT2D eigenvalue weighted by molar-refractivity contribution is 0.331. The summed E-state index contributed by atoms with van der Waals surface area (Å²) in [7, 11) is -3.81. The Bertz CT molecular complexity index is 940. The molecule has 26 heavy (non-hydrogen) atoms. The summed E-state index contributed by atoms with van der Waals surface area (Å²) in [5.74, 6) is 6.19. The van der Waals surface area contributed by atoms with Crippen molar-refractivity contribution in [2.45, 2.75) is 24.3 Å². The summed E-state index contributed by atoms with van der Waals surface area (Å²) in [6.45, 7) is 1.92. The van der Waals surface area contributed by atoms with Crippen LogP contribution in [0.2, 0.25) is 0 Å². The first-order valence-electron chi connectivity index (χ1n) is 8.43. The predicted molar refractivity (Wildman–Crippen MR) is 104 cm³/mol. The zero-order valence-corrected chi connectivity index (χ0v) is 15.4. The van der Waals surface area contributed by atoms with Crippen LogP contribution in [0.4, 0.5) is 0 Å². The highest BCUT2D eigenvalue weighted by atomic mass is 32.2. The maximum atomic E-state index is 13.0. The molecule has 0 saturated heterocycles. The fourth-order valence-corrected chi connectivity index (χ4v) is 4.12. The Morgan fingerprint density at radius 2 is 1.38 bits per heavy atom. The normalized spacial score (nSPS) is 12.9. The van der Waals surface area contributed by atoms with Crippen LogP contribution >= 0.6 is 0 Å². The minimum absolute atomic E-state index is 0.194. The van der Waals surface area contributed by atoms with Gasteiger partial charge in [-0.15, -0.1) is 4.41 Å². The number of nitrogens with two attached hydrogens (primary N) is 1. The van der Waals surface area contributed by atoms with Gasteiger partial charge in [0.15, 0.2) is 0 Å². The van der Waals surface area contributed by atoms with Gasteiger partial charge in [0.05, 0.1) is 10.9 Å². The molecule has 0 bridgehead atoms. The molecule has 0 amide bonds. The van der Waals surface area contributed by atoms with E-state index in [9.17, 15) is 8.42 Å². The van der Waals surface area contributed by atoms with Gasteiger partial charge in [-0.1, -0.05) is 78.4 Å². The van der Waals surface area contributed by atoms with Crippen molar-refractivity contribution in [3.05, 3.63) is 102 Å². The van der Waals surface area contributed by atoms with Gasteiger partial charge in [-0.25, -0.2) is 8.42 Å². The third-order valence-corrected chi connectivity index (χ3v) is 6.04. The highest BCUT2D eigenvalue weighted by molar-refractivity contribution is 7.89. The number of hydrogen-bond acceptors (Lipinski definition) is 3. The molecule has 0 aliphatic heterocycles. The third kappa shape index (κ3) is 4.02. The van der Waals surface area contributed by atoms with Gasteiger partial charge in [0.2, 0.25) is 0 Å². The van der Waals surface area contributed by atoms with Crippen molar-refractivity contribution < 1.29 is 8.42 Å². The van der Waals surface area contributed by atoms with E-state index in [1.165, 1.54) is 0 Å². The minimum Gasteiger partial charge on any atom is -0.254 e. The van der Waals surface area contributed by atoms with Crippen molar-refractivity contribution in [2.24, 2.45) is 5.84 Å². The van der Waals surface area contributed by atoms with Crippen LogP contribution in [-0.2, 0) is 16.4 Å². The summed E-state index contributed by atoms with van der Waals surface area (Å²) < 4.78 is 27.1. The van der Waals surface area contributed by atoms with Crippen LogP contribution < -0.4 is 5.84 Å². The van der Waals surface area contributed by atoms with E-state index >= 15 is 0 Å². The SMILES string of the molecule is Cc1ccc(S(=O)(=O)N(N)[C@H](Cc2ccccc2)c2ccccc2)cc1. The summed E-state index contributed by atoms with van der Waals surface area (Å²) in [6, 6.07) is 25.5. The topological polar surface area (TPSA) is 63.4 Å². The van der Waals surface area contributed by atoms with Gasteiger partial charge in [0, 0.05) is 0 Å². The van der Waals surface area contributed by atoms with Crippen LogP contribution in [0.15, 0.2) is 89.8 Å². The lowest BCUT2D eigenvalue weighted by Gasteiger charge is -2.27. The first kappa shape index (κ1) is 18.3. The van der Waals surface area contributed by atoms with E-state index in [-0.39, 0.29) is 4.90 Å². The van der Waals surface area contributed by atoms with E-state index < -0.39 is 16.1 Å². The molecular weight excluding hydrogens is 344 g/mol. The molecular formula is C21H22N2O2S. The van der Waals surface area contributed by atoms with Crippen LogP contribution in [0, 0.1) is 6.92 Å². The number of hydrogen-bond donors (Lipinski definition) is 1. The van der Waals surface area contributed by atoms with E-state index in [1.54, 1.807) is 24.3 Å². The van der Waals surface area contributed by atoms with E-state index in [0.29, 0.717) is 6.42 Å². The predicted octanol–water partition coefficient (Wildman–Crippen LogP) is 3.84. The third-order valence-electron chi connectivity index (χ3n) is 4.36. The molecule has 1 atom stereocenters. The van der Waals surface area contributed by atoms with Crippen molar-refractivity contribution in [3.8, 4) is 0 Å². The van der Waals surface area contributed by atoms with Gasteiger partial charge in [-0.2, -0.15) is 0 Å². The molecule has 134 valence electrons. The van der Waals surface area contributed by atoms with Gasteiger partial charge in [0.1, 0.15) is 0 Å². The van der Waals surface area contributed by atoms with Crippen molar-refractivity contribution in [1.82, 2.24) is 4.41 Å². The van der Waals surface area contributed by atoms with Gasteiger partial charge < -0.3 is 0 Å². The number of aryl methyl sites for hydroxylation is 1. The first-order valence-corrected chi connectivity index (χ1v) is 9.87. The molecule has 2 N–H and O–H groups in total. The lowest BCUT2D eigenvalue weighted by atomic mass is 9.99. The molecule has 4 nitrogen and oxygen atoms in total. The molecule has 0 aliphatic rings. The van der Waals surface area contributed by atoms with Crippen LogP contribution in [0.1, 0.15) is 22.7 Å². The Morgan fingerprint density at radius 3 is 1.96 bits per heavy atom. The molecule has 0 radical (unpaired) electrons. The average molecular weight is 366 g/mol. The summed E-state index contributed by atoms with van der Waals surface area (Å²) >= 11 is 0. The standard InChI is InChI=1S/C21H22N2O2S/c1-17-12-14-20(15-13-17)26(24,25)23(22)21(19-10-6-3-7-11-19)16-18-8-4-2-5-9-18/h2-15,21H,16,22H2,1H3/t21-/m1/s1. The summed E-state index contributed by atoms with van der Waals surface area (Å²) in [4.78, 5) is 0.194. The fraction of sp³-hybridized carbons (Fsp3) is 0.143. The number of sulfonamides is 1. The summed E-state index contributed by atoms with van der Waals surface area (Å²) in [5, 5.41) is 0. The minimum atomic E-state index is -3.81. The zero-order valence-electron chi connectivity index (χ0n) is 14.6. The second-order valence-electron chi connectivity index (χ2n) is 6.26. The Morgan fingerprint density at radius 1 is 0.846 bits per heavy atom. The molecule has 3 rings (SSSR count). The molecule has 0 spiro atoms. The van der Waals surface area contributed by atoms with E-state index in [0.717, 1.165) is 21.1 Å². The molecule has 0 aromatic heterocycles. The summed E-state index contributed by atoms with van der Waals surface area (Å²) in [6.07, 6.45) is 0.493. The lowest BCUT2D eigenvalue weighted by Crippen LogP contribution is -2.41. The average Bonchev–Trinajstić information content (AvgIpc) is 2.67. The maximum absolute atomic E-state index is 13.0. The number of nitrogens with zero attached hydrogens (tertiary/aromatic N) is 1. The Balaban J connectivity index is 1.99. The van der Waals surface area contributed by atoms with E-state index in [1.807, 2.05) is 67.6 Å². The van der Waals surface area contributed by atoms with Crippen LogP contribution in [0.25, 0.3) is 0 Å². The van der Waals surface area contributed by atoms with E-state index in [2.05, 4.69) is 0 Å². The monoisotopic (exact) mass is 366 g/mol. The molecule has 0 heterocycles. The van der Waals surface area contributed by atoms with Crippen molar-refractivity contribution in [3.63, 3.8) is 0 Å². The van der Waals surface area contributed by atoms with E-state index in [4.69, 9.17) is 5.84 Å². The van der Waals surface area contributed by atoms with Crippen molar-refractivity contribution in [1.29, 1.82) is 0 Å². The molecule has 0 unspecified atom stereocenters. The number of rotatable bonds is 6.